The van der Waals surface area contributed by atoms with Crippen molar-refractivity contribution < 1.29 is 39.6 Å². The summed E-state index contributed by atoms with van der Waals surface area (Å²) in [6.45, 7) is 0.363. The average Bonchev–Trinajstić information content (AvgIpc) is 2.47. The van der Waals surface area contributed by atoms with Gasteiger partial charge in [0.05, 0.1) is 24.9 Å². The van der Waals surface area contributed by atoms with Crippen LogP contribution in [0.5, 0.6) is 0 Å². The van der Waals surface area contributed by atoms with Crippen LogP contribution < -0.4 is 5.32 Å². The number of thioether (sulfide) groups is 1. The zero-order valence-electron chi connectivity index (χ0n) is 13.2. The molecule has 0 aromatic carbocycles. The van der Waals surface area contributed by atoms with Gasteiger partial charge in [-0.3, -0.25) is 24.1 Å². The highest BCUT2D eigenvalue weighted by molar-refractivity contribution is 8.00. The van der Waals surface area contributed by atoms with E-state index in [0.29, 0.717) is 6.42 Å². The number of hydrogen-bond donors (Lipinski definition) is 5. The van der Waals surface area contributed by atoms with E-state index in [4.69, 9.17) is 15.3 Å². The second kappa shape index (κ2) is 11.6. The summed E-state index contributed by atoms with van der Waals surface area (Å²) in [5.74, 6) is -4.71. The van der Waals surface area contributed by atoms with Gasteiger partial charge in [0.2, 0.25) is 5.91 Å². The van der Waals surface area contributed by atoms with E-state index >= 15 is 0 Å². The fraction of sp³-hybridized carbons (Fsp3) is 0.692. The van der Waals surface area contributed by atoms with Crippen LogP contribution in [0.15, 0.2) is 0 Å². The van der Waals surface area contributed by atoms with Crippen molar-refractivity contribution in [2.75, 3.05) is 31.1 Å². The van der Waals surface area contributed by atoms with Crippen LogP contribution in [0.25, 0.3) is 0 Å². The molecule has 2 unspecified atom stereocenters. The molecule has 0 aliphatic carbocycles. The fourth-order valence-corrected chi connectivity index (χ4v) is 2.63. The van der Waals surface area contributed by atoms with Crippen LogP contribution in [0.3, 0.4) is 0 Å². The molecule has 0 heterocycles. The van der Waals surface area contributed by atoms with Gasteiger partial charge < -0.3 is 25.7 Å². The Labute approximate surface area is 142 Å². The lowest BCUT2D eigenvalue weighted by molar-refractivity contribution is -0.148. The first-order valence-corrected chi connectivity index (χ1v) is 8.25. The monoisotopic (exact) mass is 366 g/mol. The van der Waals surface area contributed by atoms with Gasteiger partial charge in [-0.1, -0.05) is 6.92 Å². The summed E-state index contributed by atoms with van der Waals surface area (Å²) in [5.41, 5.74) is 0. The SMILES string of the molecule is CCC(O)CNC(=O)CSCC(C(=O)O)N(CC(=O)O)CC(=O)O. The topological polar surface area (TPSA) is 164 Å². The molecule has 11 heteroatoms. The zero-order valence-corrected chi connectivity index (χ0v) is 14.0. The molecular weight excluding hydrogens is 344 g/mol. The van der Waals surface area contributed by atoms with E-state index in [1.165, 1.54) is 0 Å². The first-order valence-electron chi connectivity index (χ1n) is 7.10. The van der Waals surface area contributed by atoms with Gasteiger partial charge in [-0.15, -0.1) is 11.8 Å². The molecule has 0 bridgehead atoms. The Morgan fingerprint density at radius 3 is 2.04 bits per heavy atom. The average molecular weight is 366 g/mol. The van der Waals surface area contributed by atoms with Crippen molar-refractivity contribution in [1.29, 1.82) is 0 Å². The van der Waals surface area contributed by atoms with E-state index < -0.39 is 49.1 Å². The summed E-state index contributed by atoms with van der Waals surface area (Å²) in [7, 11) is 0. The molecule has 10 nitrogen and oxygen atoms in total. The lowest BCUT2D eigenvalue weighted by atomic mass is 10.2. The molecule has 0 aliphatic rings. The first kappa shape index (κ1) is 22.1. The third-order valence-electron chi connectivity index (χ3n) is 2.92. The number of amides is 1. The van der Waals surface area contributed by atoms with E-state index in [2.05, 4.69) is 5.32 Å². The Morgan fingerprint density at radius 1 is 1.08 bits per heavy atom. The predicted octanol–water partition coefficient (Wildman–Crippen LogP) is -1.47. The van der Waals surface area contributed by atoms with Crippen LogP contribution in [0, 0.1) is 0 Å². The van der Waals surface area contributed by atoms with Gasteiger partial charge in [0.25, 0.3) is 0 Å². The third-order valence-corrected chi connectivity index (χ3v) is 3.94. The van der Waals surface area contributed by atoms with Gasteiger partial charge in [0.1, 0.15) is 6.04 Å². The molecular formula is C13H22N2O8S. The second-order valence-electron chi connectivity index (χ2n) is 4.93. The number of hydrogen-bond acceptors (Lipinski definition) is 7. The number of carboxylic acids is 3. The number of carbonyl (C=O) groups excluding carboxylic acids is 1. The van der Waals surface area contributed by atoms with Crippen molar-refractivity contribution in [3.63, 3.8) is 0 Å². The number of nitrogens with one attached hydrogen (secondary N) is 1. The van der Waals surface area contributed by atoms with Crippen molar-refractivity contribution in [2.24, 2.45) is 0 Å². The van der Waals surface area contributed by atoms with Gasteiger partial charge in [-0.25, -0.2) is 0 Å². The van der Waals surface area contributed by atoms with Crippen LogP contribution in [0.1, 0.15) is 13.3 Å². The van der Waals surface area contributed by atoms with Crippen LogP contribution in [-0.4, -0.2) is 92.4 Å². The van der Waals surface area contributed by atoms with Crippen molar-refractivity contribution in [3.8, 4) is 0 Å². The molecule has 0 aromatic rings. The van der Waals surface area contributed by atoms with E-state index in [1.807, 2.05) is 0 Å². The number of aliphatic hydroxyl groups excluding tert-OH is 1. The van der Waals surface area contributed by atoms with Gasteiger partial charge >= 0.3 is 17.9 Å². The molecule has 0 aromatic heterocycles. The lowest BCUT2D eigenvalue weighted by Gasteiger charge is -2.25. The molecule has 0 spiro atoms. The summed E-state index contributed by atoms with van der Waals surface area (Å²) in [6, 6.07) is -1.35. The highest BCUT2D eigenvalue weighted by atomic mass is 32.2. The molecule has 24 heavy (non-hydrogen) atoms. The van der Waals surface area contributed by atoms with Gasteiger partial charge in [0.15, 0.2) is 0 Å². The third kappa shape index (κ3) is 10.0. The zero-order chi connectivity index (χ0) is 18.7. The molecule has 1 amide bonds. The minimum atomic E-state index is -1.37. The molecule has 0 radical (unpaired) electrons. The molecule has 138 valence electrons. The quantitative estimate of drug-likeness (QED) is 0.260. The van der Waals surface area contributed by atoms with Crippen LogP contribution in [-0.2, 0) is 19.2 Å². The lowest BCUT2D eigenvalue weighted by Crippen LogP contribution is -2.48. The van der Waals surface area contributed by atoms with Crippen molar-refractivity contribution in [1.82, 2.24) is 10.2 Å². The summed E-state index contributed by atoms with van der Waals surface area (Å²) in [4.78, 5) is 45.1. The number of carbonyl (C=O) groups is 4. The number of aliphatic carboxylic acids is 3. The maximum Gasteiger partial charge on any atom is 0.321 e. The highest BCUT2D eigenvalue weighted by Gasteiger charge is 2.29. The summed E-state index contributed by atoms with van der Waals surface area (Å²) in [6.07, 6.45) is -0.180. The molecule has 0 saturated heterocycles. The Balaban J connectivity index is 4.54. The van der Waals surface area contributed by atoms with Gasteiger partial charge in [0, 0.05) is 12.3 Å². The Bertz CT molecular complexity index is 443. The smallest absolute Gasteiger partial charge is 0.321 e. The molecule has 0 rings (SSSR count). The van der Waals surface area contributed by atoms with Gasteiger partial charge in [-0.2, -0.15) is 0 Å². The van der Waals surface area contributed by atoms with Crippen LogP contribution in [0.2, 0.25) is 0 Å². The Kier molecular flexibility index (Phi) is 10.8. The first-order chi connectivity index (χ1) is 11.2. The number of rotatable bonds is 13. The van der Waals surface area contributed by atoms with E-state index in [9.17, 15) is 24.3 Å². The molecule has 5 N–H and O–H groups in total. The van der Waals surface area contributed by atoms with E-state index in [-0.39, 0.29) is 18.1 Å². The number of aliphatic hydroxyl groups is 1. The number of nitrogens with zero attached hydrogens (tertiary/aromatic N) is 1. The van der Waals surface area contributed by atoms with Crippen molar-refractivity contribution in [2.45, 2.75) is 25.5 Å². The fourth-order valence-electron chi connectivity index (χ4n) is 1.65. The minimum Gasteiger partial charge on any atom is -0.480 e. The molecule has 0 saturated carbocycles. The maximum atomic E-state index is 11.5. The summed E-state index contributed by atoms with van der Waals surface area (Å²) >= 11 is 0.938. The van der Waals surface area contributed by atoms with Crippen LogP contribution >= 0.6 is 11.8 Å². The normalized spacial score (nSPS) is 13.3. The molecule has 0 fully saturated rings. The number of carboxylic acid groups (broad SMARTS) is 3. The molecule has 2 atom stereocenters. The molecule has 0 aliphatic heterocycles. The Morgan fingerprint density at radius 2 is 1.62 bits per heavy atom. The van der Waals surface area contributed by atoms with Crippen molar-refractivity contribution >= 4 is 35.6 Å². The van der Waals surface area contributed by atoms with Gasteiger partial charge in [-0.05, 0) is 6.42 Å². The van der Waals surface area contributed by atoms with E-state index in [0.717, 1.165) is 16.7 Å². The highest BCUT2D eigenvalue weighted by Crippen LogP contribution is 2.10. The Hall–Kier alpha value is -1.85. The second-order valence-corrected chi connectivity index (χ2v) is 5.96. The minimum absolute atomic E-state index is 0.0857. The summed E-state index contributed by atoms with van der Waals surface area (Å²) < 4.78 is 0. The largest absolute Gasteiger partial charge is 0.480 e. The van der Waals surface area contributed by atoms with Crippen molar-refractivity contribution in [3.05, 3.63) is 0 Å². The maximum absolute atomic E-state index is 11.5. The predicted molar refractivity (Wildman–Crippen MR) is 84.9 cm³/mol. The van der Waals surface area contributed by atoms with E-state index in [1.54, 1.807) is 6.92 Å². The standard InChI is InChI=1S/C13H22N2O8S/c1-2-8(16)3-14-10(17)7-24-6-9(13(22)23)15(4-11(18)19)5-12(20)21/h8-9,16H,2-7H2,1H3,(H,14,17)(H,18,19)(H,20,21)(H,22,23). The summed E-state index contributed by atoms with van der Waals surface area (Å²) in [5, 5.41) is 38.5. The van der Waals surface area contributed by atoms with Crippen LogP contribution in [0.4, 0.5) is 0 Å².